The molecule has 0 aliphatic heterocycles. The maximum Gasteiger partial charge on any atom is 0.325 e. The zero-order valence-electron chi connectivity index (χ0n) is 11.6. The van der Waals surface area contributed by atoms with Crippen LogP contribution in [0.4, 0.5) is 20.0 Å². The third kappa shape index (κ3) is 4.02. The lowest BCUT2D eigenvalue weighted by molar-refractivity contribution is 0.262. The number of nitrogens with zero attached hydrogens (tertiary/aromatic N) is 2. The summed E-state index contributed by atoms with van der Waals surface area (Å²) in [5, 5.41) is 14.5. The first-order chi connectivity index (χ1) is 11.1. The van der Waals surface area contributed by atoms with Crippen molar-refractivity contribution in [2.45, 2.75) is 0 Å². The molecule has 3 aromatic rings. The maximum atomic E-state index is 12.9. The van der Waals surface area contributed by atoms with E-state index in [-0.39, 0.29) is 5.82 Å². The molecule has 1 heterocycles. The first-order valence-corrected chi connectivity index (χ1v) is 7.72. The Morgan fingerprint density at radius 2 is 1.87 bits per heavy atom. The molecule has 0 aliphatic rings. The normalized spacial score (nSPS) is 10.3. The summed E-state index contributed by atoms with van der Waals surface area (Å²) in [5.74, 6) is -0.322. The molecule has 0 aliphatic carbocycles. The van der Waals surface area contributed by atoms with Crippen LogP contribution in [0.2, 0.25) is 5.02 Å². The number of benzene rings is 2. The van der Waals surface area contributed by atoms with Gasteiger partial charge in [0.05, 0.1) is 0 Å². The molecule has 2 N–H and O–H groups in total. The Morgan fingerprint density at radius 1 is 1.09 bits per heavy atom. The minimum atomic E-state index is -0.450. The highest BCUT2D eigenvalue weighted by molar-refractivity contribution is 7.18. The number of rotatable bonds is 3. The molecule has 0 spiro atoms. The molecule has 0 radical (unpaired) electrons. The van der Waals surface area contributed by atoms with Crippen molar-refractivity contribution in [2.75, 3.05) is 10.6 Å². The first kappa shape index (κ1) is 15.4. The van der Waals surface area contributed by atoms with Crippen LogP contribution >= 0.6 is 22.9 Å². The molecule has 0 fully saturated rings. The van der Waals surface area contributed by atoms with Crippen LogP contribution in [-0.4, -0.2) is 16.2 Å². The molecular formula is C15H10ClFN4OS. The number of anilines is 2. The average Bonchev–Trinajstić information content (AvgIpc) is 2.96. The van der Waals surface area contributed by atoms with Gasteiger partial charge in [0.2, 0.25) is 5.13 Å². The van der Waals surface area contributed by atoms with Crippen LogP contribution in [0.15, 0.2) is 48.5 Å². The van der Waals surface area contributed by atoms with Crippen molar-refractivity contribution in [3.05, 3.63) is 59.4 Å². The van der Waals surface area contributed by atoms with Crippen molar-refractivity contribution in [3.8, 4) is 10.6 Å². The molecule has 0 saturated heterocycles. The van der Waals surface area contributed by atoms with E-state index < -0.39 is 6.03 Å². The Morgan fingerprint density at radius 3 is 2.61 bits per heavy atom. The highest BCUT2D eigenvalue weighted by atomic mass is 35.5. The minimum absolute atomic E-state index is 0.322. The van der Waals surface area contributed by atoms with Gasteiger partial charge in [-0.25, -0.2) is 9.18 Å². The number of amides is 2. The van der Waals surface area contributed by atoms with Gasteiger partial charge >= 0.3 is 6.03 Å². The Balaban J connectivity index is 1.66. The highest BCUT2D eigenvalue weighted by Crippen LogP contribution is 2.26. The number of nitrogens with one attached hydrogen (secondary N) is 2. The molecule has 2 amide bonds. The summed E-state index contributed by atoms with van der Waals surface area (Å²) in [5.41, 5.74) is 1.30. The molecule has 116 valence electrons. The summed E-state index contributed by atoms with van der Waals surface area (Å²) >= 11 is 7.04. The lowest BCUT2D eigenvalue weighted by Crippen LogP contribution is -2.19. The standard InChI is InChI=1S/C15H10ClFN4OS/c16-10-2-1-3-12(8-10)18-14(22)19-15-21-20-13(23-15)9-4-6-11(17)7-5-9/h1-8H,(H2,18,19,21,22). The second-order valence-corrected chi connectivity index (χ2v) is 5.92. The second kappa shape index (κ2) is 6.72. The Labute approximate surface area is 140 Å². The number of carbonyl (C=O) groups excluding carboxylic acids is 1. The summed E-state index contributed by atoms with van der Waals surface area (Å²) in [6.45, 7) is 0. The van der Waals surface area contributed by atoms with Crippen molar-refractivity contribution in [1.29, 1.82) is 0 Å². The number of urea groups is 1. The van der Waals surface area contributed by atoms with Gasteiger partial charge in [0, 0.05) is 16.3 Å². The van der Waals surface area contributed by atoms with Crippen molar-refractivity contribution in [3.63, 3.8) is 0 Å². The number of halogens is 2. The largest absolute Gasteiger partial charge is 0.325 e. The summed E-state index contributed by atoms with van der Waals surface area (Å²) in [4.78, 5) is 11.9. The molecule has 0 atom stereocenters. The van der Waals surface area contributed by atoms with Crippen molar-refractivity contribution in [1.82, 2.24) is 10.2 Å². The predicted molar refractivity (Wildman–Crippen MR) is 89.4 cm³/mol. The Kier molecular flexibility index (Phi) is 4.50. The van der Waals surface area contributed by atoms with Crippen LogP contribution < -0.4 is 10.6 Å². The van der Waals surface area contributed by atoms with E-state index in [1.165, 1.54) is 23.5 Å². The number of carbonyl (C=O) groups is 1. The molecule has 3 rings (SSSR count). The molecule has 0 saturated carbocycles. The zero-order chi connectivity index (χ0) is 16.2. The minimum Gasteiger partial charge on any atom is -0.308 e. The van der Waals surface area contributed by atoms with E-state index in [4.69, 9.17) is 11.6 Å². The van der Waals surface area contributed by atoms with Gasteiger partial charge in [-0.1, -0.05) is 29.0 Å². The van der Waals surface area contributed by atoms with Crippen LogP contribution in [0.25, 0.3) is 10.6 Å². The average molecular weight is 349 g/mol. The fourth-order valence-corrected chi connectivity index (χ4v) is 2.74. The number of aromatic nitrogens is 2. The van der Waals surface area contributed by atoms with E-state index in [0.717, 1.165) is 5.56 Å². The van der Waals surface area contributed by atoms with E-state index in [1.54, 1.807) is 36.4 Å². The van der Waals surface area contributed by atoms with Gasteiger partial charge < -0.3 is 5.32 Å². The molecule has 23 heavy (non-hydrogen) atoms. The van der Waals surface area contributed by atoms with Crippen LogP contribution in [0.5, 0.6) is 0 Å². The summed E-state index contributed by atoms with van der Waals surface area (Å²) in [7, 11) is 0. The second-order valence-electron chi connectivity index (χ2n) is 4.51. The smallest absolute Gasteiger partial charge is 0.308 e. The Hall–Kier alpha value is -2.51. The summed E-state index contributed by atoms with van der Waals surface area (Å²) in [6.07, 6.45) is 0. The van der Waals surface area contributed by atoms with Gasteiger partial charge in [0.15, 0.2) is 0 Å². The lowest BCUT2D eigenvalue weighted by Gasteiger charge is -2.04. The molecule has 5 nitrogen and oxygen atoms in total. The molecule has 8 heteroatoms. The van der Waals surface area contributed by atoms with Gasteiger partial charge in [0.25, 0.3) is 0 Å². The monoisotopic (exact) mass is 348 g/mol. The number of hydrogen-bond acceptors (Lipinski definition) is 4. The molecule has 2 aromatic carbocycles. The van der Waals surface area contributed by atoms with Crippen LogP contribution in [0, 0.1) is 5.82 Å². The van der Waals surface area contributed by atoms with E-state index >= 15 is 0 Å². The van der Waals surface area contributed by atoms with Gasteiger partial charge in [-0.05, 0) is 42.5 Å². The third-order valence-electron chi connectivity index (χ3n) is 2.82. The molecule has 1 aromatic heterocycles. The maximum absolute atomic E-state index is 12.9. The summed E-state index contributed by atoms with van der Waals surface area (Å²) in [6, 6.07) is 12.2. The highest BCUT2D eigenvalue weighted by Gasteiger charge is 2.10. The molecule has 0 bridgehead atoms. The van der Waals surface area contributed by atoms with E-state index in [1.807, 2.05) is 0 Å². The third-order valence-corrected chi connectivity index (χ3v) is 3.94. The first-order valence-electron chi connectivity index (χ1n) is 6.53. The molecule has 0 unspecified atom stereocenters. The van der Waals surface area contributed by atoms with E-state index in [0.29, 0.717) is 20.8 Å². The SMILES string of the molecule is O=C(Nc1cccc(Cl)c1)Nc1nnc(-c2ccc(F)cc2)s1. The van der Waals surface area contributed by atoms with Crippen molar-refractivity contribution >= 4 is 39.8 Å². The Bertz CT molecular complexity index is 838. The van der Waals surface area contributed by atoms with Gasteiger partial charge in [-0.15, -0.1) is 10.2 Å². The quantitative estimate of drug-likeness (QED) is 0.724. The lowest BCUT2D eigenvalue weighted by atomic mass is 10.2. The zero-order valence-corrected chi connectivity index (χ0v) is 13.2. The fourth-order valence-electron chi connectivity index (χ4n) is 1.81. The van der Waals surface area contributed by atoms with Gasteiger partial charge in [-0.3, -0.25) is 5.32 Å². The fraction of sp³-hybridized carbons (Fsp3) is 0. The topological polar surface area (TPSA) is 66.9 Å². The predicted octanol–water partition coefficient (Wildman–Crippen LogP) is 4.64. The van der Waals surface area contributed by atoms with Crippen LogP contribution in [0.1, 0.15) is 0 Å². The van der Waals surface area contributed by atoms with Gasteiger partial charge in [-0.2, -0.15) is 0 Å². The van der Waals surface area contributed by atoms with Gasteiger partial charge in [0.1, 0.15) is 10.8 Å². The van der Waals surface area contributed by atoms with E-state index in [9.17, 15) is 9.18 Å². The van der Waals surface area contributed by atoms with Crippen molar-refractivity contribution < 1.29 is 9.18 Å². The van der Waals surface area contributed by atoms with E-state index in [2.05, 4.69) is 20.8 Å². The molecular weight excluding hydrogens is 339 g/mol. The van der Waals surface area contributed by atoms with Crippen molar-refractivity contribution in [2.24, 2.45) is 0 Å². The van der Waals surface area contributed by atoms with Crippen LogP contribution in [0.3, 0.4) is 0 Å². The number of hydrogen-bond donors (Lipinski definition) is 2. The van der Waals surface area contributed by atoms with Crippen LogP contribution in [-0.2, 0) is 0 Å². The summed E-state index contributed by atoms with van der Waals surface area (Å²) < 4.78 is 12.9.